The van der Waals surface area contributed by atoms with Gasteiger partial charge in [-0.3, -0.25) is 0 Å². The Bertz CT molecular complexity index is 1150. The van der Waals surface area contributed by atoms with Crippen LogP contribution in [0.25, 0.3) is 0 Å². The summed E-state index contributed by atoms with van der Waals surface area (Å²) in [6.07, 6.45) is -4.55. The van der Waals surface area contributed by atoms with Gasteiger partial charge in [0.25, 0.3) is 0 Å². The van der Waals surface area contributed by atoms with E-state index in [-0.39, 0.29) is 33.6 Å². The van der Waals surface area contributed by atoms with Crippen molar-refractivity contribution in [2.75, 3.05) is 11.1 Å². The fourth-order valence-corrected chi connectivity index (χ4v) is 2.75. The first-order valence-corrected chi connectivity index (χ1v) is 8.89. The summed E-state index contributed by atoms with van der Waals surface area (Å²) >= 11 is 5.94. The van der Waals surface area contributed by atoms with E-state index in [1.54, 1.807) is 19.1 Å². The van der Waals surface area contributed by atoms with Crippen molar-refractivity contribution in [3.8, 4) is 6.07 Å². The molecule has 0 aliphatic heterocycles. The molecule has 6 nitrogen and oxygen atoms in total. The number of hydrogen-bond acceptors (Lipinski definition) is 6. The minimum atomic E-state index is -4.55. The number of aromatic nitrogens is 1. The molecule has 0 amide bonds. The summed E-state index contributed by atoms with van der Waals surface area (Å²) in [4.78, 5) is 4.17. The van der Waals surface area contributed by atoms with E-state index in [0.29, 0.717) is 11.3 Å². The summed E-state index contributed by atoms with van der Waals surface area (Å²) in [7, 11) is 0. The lowest BCUT2D eigenvalue weighted by Gasteiger charge is -2.12. The number of nitrogens with zero attached hydrogens (tertiary/aromatic N) is 4. The normalized spacial score (nSPS) is 11.5. The van der Waals surface area contributed by atoms with Crippen LogP contribution in [0.1, 0.15) is 16.7 Å². The Morgan fingerprint density at radius 1 is 1.13 bits per heavy atom. The predicted octanol–water partition coefficient (Wildman–Crippen LogP) is 6.68. The van der Waals surface area contributed by atoms with Gasteiger partial charge >= 0.3 is 6.18 Å². The number of rotatable bonds is 4. The lowest BCUT2D eigenvalue weighted by Crippen LogP contribution is -2.04. The Morgan fingerprint density at radius 2 is 1.83 bits per heavy atom. The summed E-state index contributed by atoms with van der Waals surface area (Å²) < 4.78 is 38.8. The second-order valence-electron chi connectivity index (χ2n) is 6.16. The zero-order chi connectivity index (χ0) is 21.9. The van der Waals surface area contributed by atoms with Crippen LogP contribution in [0.4, 0.5) is 41.9 Å². The Labute approximate surface area is 174 Å². The highest BCUT2D eigenvalue weighted by molar-refractivity contribution is 6.33. The van der Waals surface area contributed by atoms with Crippen molar-refractivity contribution >= 4 is 40.3 Å². The highest BCUT2D eigenvalue weighted by Gasteiger charge is 2.31. The van der Waals surface area contributed by atoms with E-state index in [2.05, 4.69) is 20.5 Å². The van der Waals surface area contributed by atoms with Crippen molar-refractivity contribution < 1.29 is 13.2 Å². The Hall–Kier alpha value is -3.64. The van der Waals surface area contributed by atoms with Crippen molar-refractivity contribution in [1.29, 1.82) is 5.26 Å². The third-order valence-electron chi connectivity index (χ3n) is 4.12. The molecule has 0 aliphatic carbocycles. The molecular weight excluding hydrogens is 417 g/mol. The molecule has 1 aromatic heterocycles. The van der Waals surface area contributed by atoms with E-state index in [9.17, 15) is 18.4 Å². The first kappa shape index (κ1) is 21.1. The Morgan fingerprint density at radius 3 is 2.47 bits per heavy atom. The zero-order valence-electron chi connectivity index (χ0n) is 15.5. The van der Waals surface area contributed by atoms with Crippen LogP contribution in [0.2, 0.25) is 5.02 Å². The topological polar surface area (TPSA) is 99.5 Å². The van der Waals surface area contributed by atoms with Gasteiger partial charge in [-0.05, 0) is 37.3 Å². The molecule has 1 heterocycles. The van der Waals surface area contributed by atoms with Crippen molar-refractivity contribution in [2.45, 2.75) is 13.1 Å². The number of benzene rings is 2. The Kier molecular flexibility index (Phi) is 5.89. The maximum atomic E-state index is 12.9. The number of alkyl halides is 3. The summed E-state index contributed by atoms with van der Waals surface area (Å²) in [5.74, 6) is 0.187. The van der Waals surface area contributed by atoms with Crippen molar-refractivity contribution in [1.82, 2.24) is 4.98 Å². The SMILES string of the molecule is Cc1c(C#N)c(Nc2ccccc2)nc(N)c1N=Nc1cc(C(F)(F)F)ccc1Cl. The fourth-order valence-electron chi connectivity index (χ4n) is 2.60. The number of halogens is 4. The molecule has 0 fully saturated rings. The molecule has 30 heavy (non-hydrogen) atoms. The molecule has 0 radical (unpaired) electrons. The van der Waals surface area contributed by atoms with E-state index in [1.807, 2.05) is 24.3 Å². The van der Waals surface area contributed by atoms with E-state index in [1.165, 1.54) is 0 Å². The number of para-hydroxylation sites is 1. The largest absolute Gasteiger partial charge is 0.416 e. The van der Waals surface area contributed by atoms with Gasteiger partial charge in [0, 0.05) is 11.3 Å². The van der Waals surface area contributed by atoms with Crippen molar-refractivity contribution in [3.63, 3.8) is 0 Å². The van der Waals surface area contributed by atoms with Gasteiger partial charge in [-0.1, -0.05) is 29.8 Å². The number of hydrogen-bond donors (Lipinski definition) is 2. The van der Waals surface area contributed by atoms with E-state index in [4.69, 9.17) is 17.3 Å². The standard InChI is InChI=1S/C20H14ClF3N6/c1-11-14(10-25)19(27-13-5-3-2-4-6-13)28-18(26)17(11)30-29-16-9-12(20(22,23)24)7-8-15(16)21/h2-9H,1H3,(H3,26,27,28). The molecule has 0 saturated carbocycles. The van der Waals surface area contributed by atoms with Gasteiger partial charge in [-0.25, -0.2) is 4.98 Å². The van der Waals surface area contributed by atoms with Crippen molar-refractivity contribution in [2.24, 2.45) is 10.2 Å². The first-order valence-electron chi connectivity index (χ1n) is 8.51. The average molecular weight is 431 g/mol. The molecule has 152 valence electrons. The molecule has 0 unspecified atom stereocenters. The Balaban J connectivity index is 2.01. The second-order valence-corrected chi connectivity index (χ2v) is 6.57. The molecule has 10 heteroatoms. The molecule has 0 saturated heterocycles. The quantitative estimate of drug-likeness (QED) is 0.451. The predicted molar refractivity (Wildman–Crippen MR) is 108 cm³/mol. The second kappa shape index (κ2) is 8.39. The highest BCUT2D eigenvalue weighted by atomic mass is 35.5. The third-order valence-corrected chi connectivity index (χ3v) is 4.44. The van der Waals surface area contributed by atoms with Crippen LogP contribution in [-0.2, 0) is 6.18 Å². The number of anilines is 3. The maximum Gasteiger partial charge on any atom is 0.416 e. The van der Waals surface area contributed by atoms with Gasteiger partial charge in [-0.15, -0.1) is 10.2 Å². The van der Waals surface area contributed by atoms with Gasteiger partial charge in [0.15, 0.2) is 11.6 Å². The van der Waals surface area contributed by atoms with Crippen LogP contribution in [0.3, 0.4) is 0 Å². The molecule has 3 N–H and O–H groups in total. The van der Waals surface area contributed by atoms with Gasteiger partial charge in [0.1, 0.15) is 17.4 Å². The van der Waals surface area contributed by atoms with E-state index in [0.717, 1.165) is 18.2 Å². The summed E-state index contributed by atoms with van der Waals surface area (Å²) in [6, 6.07) is 13.8. The third kappa shape index (κ3) is 4.50. The monoisotopic (exact) mass is 430 g/mol. The van der Waals surface area contributed by atoms with Crippen molar-refractivity contribution in [3.05, 3.63) is 70.2 Å². The molecule has 3 aromatic rings. The molecule has 2 aromatic carbocycles. The average Bonchev–Trinajstić information content (AvgIpc) is 2.69. The summed E-state index contributed by atoms with van der Waals surface area (Å²) in [6.45, 7) is 1.59. The van der Waals surface area contributed by atoms with Gasteiger partial charge in [0.05, 0.1) is 16.1 Å². The van der Waals surface area contributed by atoms with Crippen LogP contribution in [-0.4, -0.2) is 4.98 Å². The fraction of sp³-hybridized carbons (Fsp3) is 0.100. The van der Waals surface area contributed by atoms with Crippen LogP contribution >= 0.6 is 11.6 Å². The molecular formula is C20H14ClF3N6. The molecule has 0 aliphatic rings. The minimum absolute atomic E-state index is 0.0150. The molecule has 0 bridgehead atoms. The minimum Gasteiger partial charge on any atom is -0.382 e. The highest BCUT2D eigenvalue weighted by Crippen LogP contribution is 2.37. The number of azo groups is 1. The van der Waals surface area contributed by atoms with Crippen LogP contribution in [0, 0.1) is 18.3 Å². The number of nitrogens with two attached hydrogens (primary N) is 1. The molecule has 0 spiro atoms. The van der Waals surface area contributed by atoms with Gasteiger partial charge in [0.2, 0.25) is 0 Å². The van der Waals surface area contributed by atoms with E-state index >= 15 is 0 Å². The molecule has 3 rings (SSSR count). The number of nitrogen functional groups attached to an aromatic ring is 1. The van der Waals surface area contributed by atoms with Gasteiger partial charge in [-0.2, -0.15) is 18.4 Å². The smallest absolute Gasteiger partial charge is 0.382 e. The number of nitrogens with one attached hydrogen (secondary N) is 1. The zero-order valence-corrected chi connectivity index (χ0v) is 16.3. The first-order chi connectivity index (χ1) is 14.2. The summed E-state index contributed by atoms with van der Waals surface area (Å²) in [5.41, 5.74) is 6.19. The molecule has 0 atom stereocenters. The number of pyridine rings is 1. The van der Waals surface area contributed by atoms with Crippen LogP contribution in [0.15, 0.2) is 58.8 Å². The van der Waals surface area contributed by atoms with Gasteiger partial charge < -0.3 is 11.1 Å². The lowest BCUT2D eigenvalue weighted by molar-refractivity contribution is -0.137. The lowest BCUT2D eigenvalue weighted by atomic mass is 10.1. The maximum absolute atomic E-state index is 12.9. The van der Waals surface area contributed by atoms with Crippen LogP contribution in [0.5, 0.6) is 0 Å². The van der Waals surface area contributed by atoms with E-state index < -0.39 is 11.7 Å². The summed E-state index contributed by atoms with van der Waals surface area (Å²) in [5, 5.41) is 20.3. The number of nitriles is 1. The van der Waals surface area contributed by atoms with Crippen LogP contribution < -0.4 is 11.1 Å².